The van der Waals surface area contributed by atoms with E-state index in [9.17, 15) is 8.42 Å². The second-order valence-corrected chi connectivity index (χ2v) is 6.94. The first kappa shape index (κ1) is 15.5. The van der Waals surface area contributed by atoms with E-state index in [4.69, 9.17) is 4.74 Å². The molecule has 5 heteroatoms. The summed E-state index contributed by atoms with van der Waals surface area (Å²) in [6, 6.07) is 14.5. The first-order chi connectivity index (χ1) is 9.90. The molecule has 0 amide bonds. The lowest BCUT2D eigenvalue weighted by Crippen LogP contribution is -2.11. The van der Waals surface area contributed by atoms with Gasteiger partial charge in [-0.25, -0.2) is 8.42 Å². The van der Waals surface area contributed by atoms with Crippen LogP contribution in [0.25, 0.3) is 0 Å². The Balaban J connectivity index is 2.19. The van der Waals surface area contributed by atoms with E-state index in [1.807, 2.05) is 31.3 Å². The van der Waals surface area contributed by atoms with E-state index in [-0.39, 0.29) is 10.9 Å². The van der Waals surface area contributed by atoms with Gasteiger partial charge in [0.2, 0.25) is 0 Å². The summed E-state index contributed by atoms with van der Waals surface area (Å²) in [4.78, 5) is 0.250. The molecule has 2 rings (SSSR count). The largest absolute Gasteiger partial charge is 0.457 e. The number of sulfone groups is 1. The molecule has 0 saturated carbocycles. The normalized spacial score (nSPS) is 12.9. The minimum atomic E-state index is -3.23. The summed E-state index contributed by atoms with van der Waals surface area (Å²) in [5.41, 5.74) is 1.16. The van der Waals surface area contributed by atoms with Crippen LogP contribution in [0.15, 0.2) is 53.4 Å². The number of ether oxygens (including phenoxy) is 1. The van der Waals surface area contributed by atoms with Gasteiger partial charge < -0.3 is 10.1 Å². The summed E-state index contributed by atoms with van der Waals surface area (Å²) in [5, 5.41) is 3.17. The fourth-order valence-electron chi connectivity index (χ4n) is 1.90. The van der Waals surface area contributed by atoms with Gasteiger partial charge in [-0.2, -0.15) is 0 Å². The van der Waals surface area contributed by atoms with Crippen LogP contribution in [0.3, 0.4) is 0 Å². The number of hydrogen-bond acceptors (Lipinski definition) is 4. The summed E-state index contributed by atoms with van der Waals surface area (Å²) in [7, 11) is -1.32. The monoisotopic (exact) mass is 305 g/mol. The fourth-order valence-corrected chi connectivity index (χ4v) is 2.55. The van der Waals surface area contributed by atoms with Crippen LogP contribution in [0, 0.1) is 0 Å². The Morgan fingerprint density at radius 3 is 2.29 bits per heavy atom. The first-order valence-corrected chi connectivity index (χ1v) is 8.54. The summed E-state index contributed by atoms with van der Waals surface area (Å²) < 4.78 is 28.8. The van der Waals surface area contributed by atoms with Crippen LogP contribution in [0.1, 0.15) is 18.5 Å². The minimum Gasteiger partial charge on any atom is -0.457 e. The molecule has 112 valence electrons. The summed E-state index contributed by atoms with van der Waals surface area (Å²) in [6.45, 7) is 2.07. The predicted octanol–water partition coefficient (Wildman–Crippen LogP) is 3.16. The van der Waals surface area contributed by atoms with Crippen LogP contribution in [-0.2, 0) is 9.84 Å². The molecule has 0 fully saturated rings. The molecule has 1 N–H and O–H groups in total. The van der Waals surface area contributed by atoms with Crippen LogP contribution in [0.5, 0.6) is 11.5 Å². The Kier molecular flexibility index (Phi) is 4.65. The molecule has 2 aromatic rings. The highest BCUT2D eigenvalue weighted by atomic mass is 32.2. The maximum absolute atomic E-state index is 11.5. The van der Waals surface area contributed by atoms with Gasteiger partial charge in [0.05, 0.1) is 4.90 Å². The molecule has 21 heavy (non-hydrogen) atoms. The zero-order valence-electron chi connectivity index (χ0n) is 12.3. The van der Waals surface area contributed by atoms with Crippen molar-refractivity contribution < 1.29 is 13.2 Å². The van der Waals surface area contributed by atoms with Gasteiger partial charge in [0, 0.05) is 12.3 Å². The smallest absolute Gasteiger partial charge is 0.175 e. The average Bonchev–Trinajstić information content (AvgIpc) is 2.47. The highest BCUT2D eigenvalue weighted by Gasteiger charge is 2.08. The molecule has 2 aromatic carbocycles. The predicted molar refractivity (Wildman–Crippen MR) is 83.5 cm³/mol. The van der Waals surface area contributed by atoms with Gasteiger partial charge in [-0.15, -0.1) is 0 Å². The SMILES string of the molecule is CNC(C)c1ccc(Oc2cccc(S(C)(=O)=O)c2)cc1. The number of nitrogens with one attached hydrogen (secondary N) is 1. The third-order valence-corrected chi connectivity index (χ3v) is 4.39. The van der Waals surface area contributed by atoms with Crippen LogP contribution in [0.2, 0.25) is 0 Å². The van der Waals surface area contributed by atoms with Crippen molar-refractivity contribution in [3.8, 4) is 11.5 Å². The van der Waals surface area contributed by atoms with E-state index >= 15 is 0 Å². The molecule has 1 unspecified atom stereocenters. The van der Waals surface area contributed by atoms with E-state index in [0.29, 0.717) is 11.5 Å². The number of rotatable bonds is 5. The van der Waals surface area contributed by atoms with Crippen molar-refractivity contribution in [2.24, 2.45) is 0 Å². The lowest BCUT2D eigenvalue weighted by molar-refractivity contribution is 0.480. The van der Waals surface area contributed by atoms with E-state index < -0.39 is 9.84 Å². The van der Waals surface area contributed by atoms with Crippen LogP contribution >= 0.6 is 0 Å². The number of hydrogen-bond donors (Lipinski definition) is 1. The maximum atomic E-state index is 11.5. The molecule has 0 aliphatic heterocycles. The molecule has 0 heterocycles. The van der Waals surface area contributed by atoms with Crippen molar-refractivity contribution in [1.29, 1.82) is 0 Å². The van der Waals surface area contributed by atoms with Crippen molar-refractivity contribution in [3.63, 3.8) is 0 Å². The summed E-state index contributed by atoms with van der Waals surface area (Å²) in [5.74, 6) is 1.18. The van der Waals surface area contributed by atoms with Gasteiger partial charge in [-0.1, -0.05) is 18.2 Å². The molecular formula is C16H19NO3S. The third-order valence-electron chi connectivity index (χ3n) is 3.28. The van der Waals surface area contributed by atoms with Crippen LogP contribution in [0.4, 0.5) is 0 Å². The van der Waals surface area contributed by atoms with Crippen molar-refractivity contribution in [1.82, 2.24) is 5.32 Å². The molecule has 0 aromatic heterocycles. The highest BCUT2D eigenvalue weighted by Crippen LogP contribution is 2.25. The van der Waals surface area contributed by atoms with Crippen molar-refractivity contribution in [3.05, 3.63) is 54.1 Å². The maximum Gasteiger partial charge on any atom is 0.175 e. The zero-order valence-corrected chi connectivity index (χ0v) is 13.1. The Bertz CT molecular complexity index is 709. The molecule has 1 atom stereocenters. The molecule has 0 saturated heterocycles. The van der Waals surface area contributed by atoms with E-state index in [2.05, 4.69) is 12.2 Å². The van der Waals surface area contributed by atoms with Crippen molar-refractivity contribution in [2.75, 3.05) is 13.3 Å². The van der Waals surface area contributed by atoms with E-state index in [1.54, 1.807) is 18.2 Å². The summed E-state index contributed by atoms with van der Waals surface area (Å²) in [6.07, 6.45) is 1.18. The Morgan fingerprint density at radius 2 is 1.71 bits per heavy atom. The zero-order chi connectivity index (χ0) is 15.5. The van der Waals surface area contributed by atoms with Gasteiger partial charge in [0.15, 0.2) is 9.84 Å². The molecular weight excluding hydrogens is 286 g/mol. The van der Waals surface area contributed by atoms with Gasteiger partial charge in [-0.05, 0) is 49.9 Å². The quantitative estimate of drug-likeness (QED) is 0.922. The van der Waals surface area contributed by atoms with E-state index in [0.717, 1.165) is 5.56 Å². The van der Waals surface area contributed by atoms with Crippen molar-refractivity contribution in [2.45, 2.75) is 17.9 Å². The van der Waals surface area contributed by atoms with Gasteiger partial charge >= 0.3 is 0 Å². The van der Waals surface area contributed by atoms with E-state index in [1.165, 1.54) is 12.3 Å². The molecule has 4 nitrogen and oxygen atoms in total. The van der Waals surface area contributed by atoms with Crippen LogP contribution < -0.4 is 10.1 Å². The minimum absolute atomic E-state index is 0.250. The lowest BCUT2D eigenvalue weighted by Gasteiger charge is -2.12. The fraction of sp³-hybridized carbons (Fsp3) is 0.250. The molecule has 0 aliphatic carbocycles. The van der Waals surface area contributed by atoms with Crippen LogP contribution in [-0.4, -0.2) is 21.7 Å². The molecule has 0 bridgehead atoms. The lowest BCUT2D eigenvalue weighted by atomic mass is 10.1. The number of benzene rings is 2. The van der Waals surface area contributed by atoms with Gasteiger partial charge in [0.25, 0.3) is 0 Å². The molecule has 0 spiro atoms. The third kappa shape index (κ3) is 4.06. The Hall–Kier alpha value is -1.85. The standard InChI is InChI=1S/C16H19NO3S/c1-12(17-2)13-7-9-14(10-8-13)20-15-5-4-6-16(11-15)21(3,18)19/h4-12,17H,1-3H3. The van der Waals surface area contributed by atoms with Gasteiger partial charge in [-0.3, -0.25) is 0 Å². The Morgan fingerprint density at radius 1 is 1.05 bits per heavy atom. The van der Waals surface area contributed by atoms with Crippen molar-refractivity contribution >= 4 is 9.84 Å². The molecule has 0 radical (unpaired) electrons. The Labute approximate surface area is 125 Å². The molecule has 0 aliphatic rings. The second kappa shape index (κ2) is 6.28. The first-order valence-electron chi connectivity index (χ1n) is 6.65. The second-order valence-electron chi connectivity index (χ2n) is 4.93. The topological polar surface area (TPSA) is 55.4 Å². The van der Waals surface area contributed by atoms with Gasteiger partial charge in [0.1, 0.15) is 11.5 Å². The highest BCUT2D eigenvalue weighted by molar-refractivity contribution is 7.90. The average molecular weight is 305 g/mol. The summed E-state index contributed by atoms with van der Waals surface area (Å²) >= 11 is 0.